The first-order chi connectivity index (χ1) is 7.93. The number of rotatable bonds is 2. The van der Waals surface area contributed by atoms with E-state index in [9.17, 15) is 0 Å². The standard InChI is InChI=1S/C6H14.C6H12.C5H13N.4CH4/c3*1-5(2)6(3)4;;;;/h5-6H,1-4H3;1-4H3;5H,1-4H3;4*1H4. The topological polar surface area (TPSA) is 3.24 Å². The summed E-state index contributed by atoms with van der Waals surface area (Å²) < 4.78 is 0. The molecule has 0 saturated carbocycles. The van der Waals surface area contributed by atoms with Crippen LogP contribution >= 0.6 is 0 Å². The molecule has 0 atom stereocenters. The van der Waals surface area contributed by atoms with E-state index in [2.05, 4.69) is 88.2 Å². The molecule has 144 valence electrons. The Bertz CT molecular complexity index is 156. The van der Waals surface area contributed by atoms with Gasteiger partial charge >= 0.3 is 0 Å². The summed E-state index contributed by atoms with van der Waals surface area (Å²) in [5.74, 6) is 1.70. The Morgan fingerprint density at radius 2 is 0.682 bits per heavy atom. The van der Waals surface area contributed by atoms with Crippen molar-refractivity contribution in [2.24, 2.45) is 11.8 Å². The molecule has 0 aromatic rings. The molecule has 1 nitrogen and oxygen atoms in total. The molecule has 0 unspecified atom stereocenters. The predicted molar refractivity (Wildman–Crippen MR) is 115 cm³/mol. The van der Waals surface area contributed by atoms with Crippen LogP contribution < -0.4 is 0 Å². The van der Waals surface area contributed by atoms with Crippen molar-refractivity contribution in [2.75, 3.05) is 14.1 Å². The van der Waals surface area contributed by atoms with E-state index in [0.29, 0.717) is 6.04 Å². The maximum absolute atomic E-state index is 2.24. The highest BCUT2D eigenvalue weighted by Crippen LogP contribution is 2.05. The zero-order chi connectivity index (χ0) is 15.5. The summed E-state index contributed by atoms with van der Waals surface area (Å²) in [6.07, 6.45) is 0. The number of allylic oxidation sites excluding steroid dienone is 2. The van der Waals surface area contributed by atoms with Crippen molar-refractivity contribution in [1.29, 1.82) is 0 Å². The molecule has 0 bridgehead atoms. The fraction of sp³-hybridized carbons (Fsp3) is 0.905. The summed E-state index contributed by atoms with van der Waals surface area (Å²) in [5.41, 5.74) is 2.85. The van der Waals surface area contributed by atoms with Gasteiger partial charge in [-0.25, -0.2) is 0 Å². The van der Waals surface area contributed by atoms with Gasteiger partial charge in [0.1, 0.15) is 0 Å². The quantitative estimate of drug-likeness (QED) is 0.463. The van der Waals surface area contributed by atoms with E-state index >= 15 is 0 Å². The molecule has 0 aliphatic carbocycles. The van der Waals surface area contributed by atoms with Gasteiger partial charge in [-0.05, 0) is 67.5 Å². The molecule has 0 aliphatic heterocycles. The minimum atomic E-state index is 0. The summed E-state index contributed by atoms with van der Waals surface area (Å²) in [5, 5.41) is 0. The van der Waals surface area contributed by atoms with Gasteiger partial charge in [0.2, 0.25) is 0 Å². The van der Waals surface area contributed by atoms with E-state index in [4.69, 9.17) is 0 Å². The summed E-state index contributed by atoms with van der Waals surface area (Å²) in [6, 6.07) is 0.685. The molecule has 0 N–H and O–H groups in total. The normalized spacial score (nSPS) is 8.18. The molecule has 0 heterocycles. The smallest absolute Gasteiger partial charge is 0.00324 e. The van der Waals surface area contributed by atoms with Gasteiger partial charge in [-0.2, -0.15) is 0 Å². The second-order valence-electron chi connectivity index (χ2n) is 6.55. The number of nitrogens with zero attached hydrogens (tertiary/aromatic N) is 1. The molecule has 0 aromatic carbocycles. The Balaban J connectivity index is -0.0000000281. The molecule has 0 radical (unpaired) electrons. The van der Waals surface area contributed by atoms with Crippen LogP contribution in [0.4, 0.5) is 0 Å². The third kappa shape index (κ3) is 50.3. The molecule has 0 amide bonds. The summed E-state index contributed by atoms with van der Waals surface area (Å²) in [6.45, 7) is 21.8. The Labute approximate surface area is 147 Å². The van der Waals surface area contributed by atoms with E-state index in [1.165, 1.54) is 11.1 Å². The Morgan fingerprint density at radius 1 is 0.545 bits per heavy atom. The van der Waals surface area contributed by atoms with Crippen LogP contribution in [-0.2, 0) is 0 Å². The Hall–Kier alpha value is -0.300. The van der Waals surface area contributed by atoms with Crippen LogP contribution in [0, 0.1) is 11.8 Å². The lowest BCUT2D eigenvalue weighted by molar-refractivity contribution is 0.335. The van der Waals surface area contributed by atoms with Crippen LogP contribution in [0.25, 0.3) is 0 Å². The largest absolute Gasteiger partial charge is 0.307 e. The number of hydrogen-bond donors (Lipinski definition) is 0. The van der Waals surface area contributed by atoms with Gasteiger partial charge in [-0.3, -0.25) is 0 Å². The van der Waals surface area contributed by atoms with Crippen molar-refractivity contribution in [2.45, 2.75) is 105 Å². The average molecular weight is 322 g/mol. The first-order valence-corrected chi connectivity index (χ1v) is 7.20. The molecular formula is C21H55N. The second kappa shape index (κ2) is 25.6. The lowest BCUT2D eigenvalue weighted by Gasteiger charge is -2.12. The van der Waals surface area contributed by atoms with Crippen molar-refractivity contribution in [3.05, 3.63) is 11.1 Å². The summed E-state index contributed by atoms with van der Waals surface area (Å²) in [4.78, 5) is 2.17. The van der Waals surface area contributed by atoms with Crippen LogP contribution in [0.15, 0.2) is 11.1 Å². The van der Waals surface area contributed by atoms with Gasteiger partial charge in [0.25, 0.3) is 0 Å². The van der Waals surface area contributed by atoms with Crippen LogP contribution in [0.3, 0.4) is 0 Å². The van der Waals surface area contributed by atoms with Crippen LogP contribution in [0.2, 0.25) is 0 Å². The first-order valence-electron chi connectivity index (χ1n) is 7.20. The predicted octanol–water partition coefficient (Wildman–Crippen LogP) is 8.16. The molecule has 0 rings (SSSR count). The van der Waals surface area contributed by atoms with E-state index in [1.807, 2.05) is 0 Å². The fourth-order valence-electron chi connectivity index (χ4n) is 0. The Morgan fingerprint density at radius 3 is 0.682 bits per heavy atom. The molecule has 0 aromatic heterocycles. The van der Waals surface area contributed by atoms with E-state index in [0.717, 1.165) is 11.8 Å². The van der Waals surface area contributed by atoms with Crippen molar-refractivity contribution >= 4 is 0 Å². The molecule has 0 spiro atoms. The second-order valence-corrected chi connectivity index (χ2v) is 6.55. The Kier molecular flexibility index (Phi) is 50.2. The maximum Gasteiger partial charge on any atom is 0.00324 e. The van der Waals surface area contributed by atoms with Gasteiger partial charge in [0.15, 0.2) is 0 Å². The van der Waals surface area contributed by atoms with E-state index < -0.39 is 0 Å². The molecule has 0 fully saturated rings. The average Bonchev–Trinajstić information content (AvgIpc) is 2.18. The van der Waals surface area contributed by atoms with Gasteiger partial charge < -0.3 is 4.90 Å². The highest BCUT2D eigenvalue weighted by molar-refractivity contribution is 5.02. The van der Waals surface area contributed by atoms with Gasteiger partial charge in [0, 0.05) is 6.04 Å². The SMILES string of the molecule is C.C.C.C.CC(C)=C(C)C.CC(C)C(C)C.CC(C)N(C)C. The minimum Gasteiger partial charge on any atom is -0.307 e. The zero-order valence-electron chi connectivity index (χ0n) is 15.2. The van der Waals surface area contributed by atoms with Crippen LogP contribution in [-0.4, -0.2) is 25.0 Å². The lowest BCUT2D eigenvalue weighted by Crippen LogP contribution is -2.20. The molecular weight excluding hydrogens is 266 g/mol. The summed E-state index contributed by atoms with van der Waals surface area (Å²) >= 11 is 0. The first kappa shape index (κ1) is 43.0. The highest BCUT2D eigenvalue weighted by Gasteiger charge is 1.95. The minimum absolute atomic E-state index is 0. The molecule has 22 heavy (non-hydrogen) atoms. The highest BCUT2D eigenvalue weighted by atomic mass is 15.1. The van der Waals surface area contributed by atoms with Crippen LogP contribution in [0.5, 0.6) is 0 Å². The van der Waals surface area contributed by atoms with Crippen LogP contribution in [0.1, 0.15) is 98.9 Å². The van der Waals surface area contributed by atoms with Crippen molar-refractivity contribution in [3.8, 4) is 0 Å². The van der Waals surface area contributed by atoms with Gasteiger partial charge in [-0.1, -0.05) is 68.5 Å². The van der Waals surface area contributed by atoms with Crippen molar-refractivity contribution < 1.29 is 0 Å². The molecule has 0 aliphatic rings. The molecule has 1 heteroatoms. The summed E-state index contributed by atoms with van der Waals surface area (Å²) in [7, 11) is 4.15. The van der Waals surface area contributed by atoms with Gasteiger partial charge in [-0.15, -0.1) is 0 Å². The van der Waals surface area contributed by atoms with E-state index in [1.54, 1.807) is 0 Å². The zero-order valence-corrected chi connectivity index (χ0v) is 15.2. The fourth-order valence-corrected chi connectivity index (χ4v) is 0. The monoisotopic (exact) mass is 321 g/mol. The maximum atomic E-state index is 2.24. The van der Waals surface area contributed by atoms with E-state index in [-0.39, 0.29) is 29.7 Å². The van der Waals surface area contributed by atoms with Crippen molar-refractivity contribution in [3.63, 3.8) is 0 Å². The van der Waals surface area contributed by atoms with Crippen molar-refractivity contribution in [1.82, 2.24) is 4.90 Å². The lowest BCUT2D eigenvalue weighted by atomic mass is 10.0. The third-order valence-corrected chi connectivity index (χ3v) is 3.37. The third-order valence-electron chi connectivity index (χ3n) is 3.37. The number of hydrogen-bond acceptors (Lipinski definition) is 1. The van der Waals surface area contributed by atoms with Gasteiger partial charge in [0.05, 0.1) is 0 Å². The molecule has 0 saturated heterocycles.